The van der Waals surface area contributed by atoms with Crippen molar-refractivity contribution in [2.45, 2.75) is 19.9 Å². The van der Waals surface area contributed by atoms with E-state index in [-0.39, 0.29) is 12.3 Å². The standard InChI is InChI=1S/C16H16N4O3/c1-11-7-12(22-18-11)9-16(21)20(2)10-13-8-15(19-23-13)14-5-3-4-6-17-14/h3-8H,9-10H2,1-2H3. The summed E-state index contributed by atoms with van der Waals surface area (Å²) in [6.07, 6.45) is 1.86. The number of carbonyl (C=O) groups is 1. The van der Waals surface area contributed by atoms with Crippen molar-refractivity contribution >= 4 is 5.91 Å². The van der Waals surface area contributed by atoms with Crippen molar-refractivity contribution in [3.63, 3.8) is 0 Å². The first kappa shape index (κ1) is 15.0. The van der Waals surface area contributed by atoms with Crippen LogP contribution in [0, 0.1) is 6.92 Å². The van der Waals surface area contributed by atoms with Gasteiger partial charge in [0.1, 0.15) is 11.5 Å². The van der Waals surface area contributed by atoms with Gasteiger partial charge in [0.15, 0.2) is 5.76 Å². The molecule has 7 heteroatoms. The molecule has 0 aliphatic heterocycles. The summed E-state index contributed by atoms with van der Waals surface area (Å²) >= 11 is 0. The Morgan fingerprint density at radius 1 is 1.13 bits per heavy atom. The molecule has 0 N–H and O–H groups in total. The average molecular weight is 312 g/mol. The fourth-order valence-corrected chi connectivity index (χ4v) is 2.13. The lowest BCUT2D eigenvalue weighted by Crippen LogP contribution is -2.27. The first-order valence-corrected chi connectivity index (χ1v) is 7.15. The largest absolute Gasteiger partial charge is 0.361 e. The van der Waals surface area contributed by atoms with E-state index in [2.05, 4.69) is 15.3 Å². The van der Waals surface area contributed by atoms with Gasteiger partial charge in [0, 0.05) is 25.4 Å². The molecule has 1 amide bonds. The highest BCUT2D eigenvalue weighted by atomic mass is 16.5. The Kier molecular flexibility index (Phi) is 4.18. The number of hydrogen-bond donors (Lipinski definition) is 0. The van der Waals surface area contributed by atoms with Gasteiger partial charge in [-0.2, -0.15) is 0 Å². The van der Waals surface area contributed by atoms with E-state index in [1.807, 2.05) is 25.1 Å². The topological polar surface area (TPSA) is 85.3 Å². The molecule has 0 fully saturated rings. The third-order valence-corrected chi connectivity index (χ3v) is 3.31. The van der Waals surface area contributed by atoms with E-state index in [1.165, 1.54) is 0 Å². The van der Waals surface area contributed by atoms with E-state index in [0.717, 1.165) is 11.4 Å². The molecule has 0 radical (unpaired) electrons. The minimum atomic E-state index is -0.0862. The summed E-state index contributed by atoms with van der Waals surface area (Å²) in [6, 6.07) is 9.10. The predicted molar refractivity (Wildman–Crippen MR) is 81.2 cm³/mol. The van der Waals surface area contributed by atoms with Crippen LogP contribution in [0.15, 0.2) is 45.6 Å². The van der Waals surface area contributed by atoms with Crippen molar-refractivity contribution in [2.24, 2.45) is 0 Å². The number of likely N-dealkylation sites (N-methyl/N-ethyl adjacent to an activating group) is 1. The molecule has 3 aromatic heterocycles. The second-order valence-electron chi connectivity index (χ2n) is 5.25. The second kappa shape index (κ2) is 6.43. The lowest BCUT2D eigenvalue weighted by molar-refractivity contribution is -0.130. The Hall–Kier alpha value is -2.96. The Labute approximate surface area is 132 Å². The highest BCUT2D eigenvalue weighted by molar-refractivity contribution is 5.77. The number of aromatic nitrogens is 3. The molecular weight excluding hydrogens is 296 g/mol. The first-order valence-electron chi connectivity index (χ1n) is 7.15. The zero-order chi connectivity index (χ0) is 16.2. The maximum atomic E-state index is 12.2. The maximum Gasteiger partial charge on any atom is 0.230 e. The number of hydrogen-bond acceptors (Lipinski definition) is 6. The quantitative estimate of drug-likeness (QED) is 0.718. The molecule has 0 bridgehead atoms. The highest BCUT2D eigenvalue weighted by Crippen LogP contribution is 2.17. The molecule has 0 saturated heterocycles. The molecule has 0 aliphatic rings. The van der Waals surface area contributed by atoms with Crippen LogP contribution in [0.25, 0.3) is 11.4 Å². The van der Waals surface area contributed by atoms with Crippen molar-refractivity contribution in [1.82, 2.24) is 20.2 Å². The molecule has 3 heterocycles. The van der Waals surface area contributed by atoms with E-state index in [0.29, 0.717) is 23.8 Å². The average Bonchev–Trinajstić information content (AvgIpc) is 3.17. The number of nitrogens with zero attached hydrogens (tertiary/aromatic N) is 4. The summed E-state index contributed by atoms with van der Waals surface area (Å²) in [4.78, 5) is 17.9. The van der Waals surface area contributed by atoms with Gasteiger partial charge in [0.25, 0.3) is 0 Å². The van der Waals surface area contributed by atoms with Crippen molar-refractivity contribution in [2.75, 3.05) is 7.05 Å². The van der Waals surface area contributed by atoms with Crippen LogP contribution in [0.3, 0.4) is 0 Å². The molecule has 0 unspecified atom stereocenters. The fraction of sp³-hybridized carbons (Fsp3) is 0.250. The summed E-state index contributed by atoms with van der Waals surface area (Å²) in [5, 5.41) is 7.75. The molecule has 0 spiro atoms. The molecule has 3 aromatic rings. The number of amides is 1. The molecule has 0 saturated carbocycles. The minimum Gasteiger partial charge on any atom is -0.361 e. The predicted octanol–water partition coefficient (Wildman–Crippen LogP) is 2.23. The summed E-state index contributed by atoms with van der Waals surface area (Å²) in [5.74, 6) is 1.05. The van der Waals surface area contributed by atoms with Crippen LogP contribution in [0.1, 0.15) is 17.2 Å². The molecule has 0 atom stereocenters. The van der Waals surface area contributed by atoms with Gasteiger partial charge in [0.05, 0.1) is 24.4 Å². The Balaban J connectivity index is 1.62. The van der Waals surface area contributed by atoms with E-state index < -0.39 is 0 Å². The normalized spacial score (nSPS) is 10.7. The Morgan fingerprint density at radius 3 is 2.65 bits per heavy atom. The van der Waals surface area contributed by atoms with E-state index in [1.54, 1.807) is 30.3 Å². The molecule has 0 aliphatic carbocycles. The van der Waals surface area contributed by atoms with Gasteiger partial charge in [-0.3, -0.25) is 9.78 Å². The van der Waals surface area contributed by atoms with Crippen LogP contribution in [-0.2, 0) is 17.8 Å². The SMILES string of the molecule is Cc1cc(CC(=O)N(C)Cc2cc(-c3ccccn3)no2)on1. The molecule has 0 aromatic carbocycles. The summed E-state index contributed by atoms with van der Waals surface area (Å²) in [5.41, 5.74) is 2.13. The number of aryl methyl sites for hydroxylation is 1. The summed E-state index contributed by atoms with van der Waals surface area (Å²) < 4.78 is 10.3. The van der Waals surface area contributed by atoms with Crippen LogP contribution in [0.5, 0.6) is 0 Å². The van der Waals surface area contributed by atoms with E-state index >= 15 is 0 Å². The number of rotatable bonds is 5. The third kappa shape index (κ3) is 3.63. The van der Waals surface area contributed by atoms with Crippen LogP contribution < -0.4 is 0 Å². The Morgan fingerprint density at radius 2 is 1.96 bits per heavy atom. The van der Waals surface area contributed by atoms with Crippen LogP contribution in [-0.4, -0.2) is 33.2 Å². The lowest BCUT2D eigenvalue weighted by Gasteiger charge is -2.13. The minimum absolute atomic E-state index is 0.0862. The molecule has 118 valence electrons. The van der Waals surface area contributed by atoms with Crippen LogP contribution >= 0.6 is 0 Å². The van der Waals surface area contributed by atoms with Gasteiger partial charge in [0.2, 0.25) is 5.91 Å². The van der Waals surface area contributed by atoms with Crippen LogP contribution in [0.4, 0.5) is 0 Å². The zero-order valence-electron chi connectivity index (χ0n) is 12.9. The molecule has 7 nitrogen and oxygen atoms in total. The first-order chi connectivity index (χ1) is 11.1. The van der Waals surface area contributed by atoms with E-state index in [9.17, 15) is 4.79 Å². The van der Waals surface area contributed by atoms with Crippen molar-refractivity contribution in [1.29, 1.82) is 0 Å². The molecular formula is C16H16N4O3. The van der Waals surface area contributed by atoms with Gasteiger partial charge in [-0.15, -0.1) is 0 Å². The van der Waals surface area contributed by atoms with Gasteiger partial charge >= 0.3 is 0 Å². The highest BCUT2D eigenvalue weighted by Gasteiger charge is 2.16. The van der Waals surface area contributed by atoms with Gasteiger partial charge in [-0.05, 0) is 19.1 Å². The third-order valence-electron chi connectivity index (χ3n) is 3.31. The van der Waals surface area contributed by atoms with Crippen LogP contribution in [0.2, 0.25) is 0 Å². The molecule has 3 rings (SSSR count). The van der Waals surface area contributed by atoms with Crippen molar-refractivity contribution in [3.8, 4) is 11.4 Å². The maximum absolute atomic E-state index is 12.2. The number of carbonyl (C=O) groups excluding carboxylic acids is 1. The Bertz CT molecular complexity index is 795. The summed E-state index contributed by atoms with van der Waals surface area (Å²) in [6.45, 7) is 2.14. The van der Waals surface area contributed by atoms with Crippen molar-refractivity contribution in [3.05, 3.63) is 53.7 Å². The second-order valence-corrected chi connectivity index (χ2v) is 5.25. The smallest absolute Gasteiger partial charge is 0.230 e. The lowest BCUT2D eigenvalue weighted by atomic mass is 10.2. The zero-order valence-corrected chi connectivity index (χ0v) is 12.9. The fourth-order valence-electron chi connectivity index (χ4n) is 2.13. The van der Waals surface area contributed by atoms with Gasteiger partial charge in [-0.1, -0.05) is 16.4 Å². The van der Waals surface area contributed by atoms with E-state index in [4.69, 9.17) is 9.05 Å². The van der Waals surface area contributed by atoms with Gasteiger partial charge in [-0.25, -0.2) is 0 Å². The number of pyridine rings is 1. The van der Waals surface area contributed by atoms with Crippen molar-refractivity contribution < 1.29 is 13.8 Å². The monoisotopic (exact) mass is 312 g/mol. The molecule has 23 heavy (non-hydrogen) atoms. The summed E-state index contributed by atoms with van der Waals surface area (Å²) in [7, 11) is 1.70. The van der Waals surface area contributed by atoms with Gasteiger partial charge < -0.3 is 13.9 Å².